The molecule has 0 unspecified atom stereocenters. The number of aliphatic hydroxyl groups excluding tert-OH is 3. The third-order valence-corrected chi connectivity index (χ3v) is 2.99. The number of hydrogen-bond acceptors (Lipinski definition) is 5. The van der Waals surface area contributed by atoms with Gasteiger partial charge in [0.05, 0.1) is 18.8 Å². The van der Waals surface area contributed by atoms with E-state index in [0.717, 1.165) is 0 Å². The summed E-state index contributed by atoms with van der Waals surface area (Å²) in [5, 5.41) is 38.3. The molecule has 2 rings (SSSR count). The molecule has 0 aromatic heterocycles. The van der Waals surface area contributed by atoms with Crippen LogP contribution in [0.25, 0.3) is 0 Å². The molecule has 1 heterocycles. The Morgan fingerprint density at radius 2 is 1.94 bits per heavy atom. The van der Waals surface area contributed by atoms with Gasteiger partial charge in [0, 0.05) is 12.0 Å². The second-order valence-corrected chi connectivity index (χ2v) is 4.21. The maximum atomic E-state index is 9.86. The maximum Gasteiger partial charge on any atom is 0.121 e. The number of para-hydroxylation sites is 1. The second-order valence-electron chi connectivity index (χ2n) is 4.21. The first-order valence-electron chi connectivity index (χ1n) is 5.54. The highest BCUT2D eigenvalue weighted by molar-refractivity contribution is 5.34. The molecule has 4 atom stereocenters. The van der Waals surface area contributed by atoms with E-state index >= 15 is 0 Å². The molecule has 1 aliphatic heterocycles. The van der Waals surface area contributed by atoms with Crippen molar-refractivity contribution in [3.63, 3.8) is 0 Å². The molecule has 1 saturated heterocycles. The molecule has 0 aliphatic carbocycles. The molecule has 1 aromatic rings. The van der Waals surface area contributed by atoms with Crippen LogP contribution in [0.1, 0.15) is 18.1 Å². The van der Waals surface area contributed by atoms with Gasteiger partial charge in [-0.05, 0) is 6.07 Å². The Bertz CT molecular complexity index is 381. The molecule has 1 aliphatic rings. The Morgan fingerprint density at radius 3 is 2.59 bits per heavy atom. The van der Waals surface area contributed by atoms with Crippen LogP contribution in [-0.4, -0.2) is 45.3 Å². The normalized spacial score (nSPS) is 33.6. The third-order valence-electron chi connectivity index (χ3n) is 2.99. The molecule has 1 fully saturated rings. The van der Waals surface area contributed by atoms with Gasteiger partial charge >= 0.3 is 0 Å². The predicted octanol–water partition coefficient (Wildman–Crippen LogP) is -0.0637. The fourth-order valence-electron chi connectivity index (χ4n) is 2.06. The van der Waals surface area contributed by atoms with E-state index < -0.39 is 24.4 Å². The van der Waals surface area contributed by atoms with E-state index in [2.05, 4.69) is 0 Å². The Kier molecular flexibility index (Phi) is 3.63. The highest BCUT2D eigenvalue weighted by Gasteiger charge is 2.38. The van der Waals surface area contributed by atoms with Gasteiger partial charge in [0.25, 0.3) is 0 Å². The van der Waals surface area contributed by atoms with Gasteiger partial charge in [-0.3, -0.25) is 0 Å². The minimum Gasteiger partial charge on any atom is -0.508 e. The van der Waals surface area contributed by atoms with Crippen LogP contribution in [0, 0.1) is 0 Å². The first-order chi connectivity index (χ1) is 8.13. The SMILES string of the molecule is OC[C@@H]1C[C@H](O)[C@H](O)[C@@H](c2ccccc2O)O1. The fraction of sp³-hybridized carbons (Fsp3) is 0.500. The van der Waals surface area contributed by atoms with Gasteiger partial charge in [-0.1, -0.05) is 18.2 Å². The van der Waals surface area contributed by atoms with Crippen LogP contribution >= 0.6 is 0 Å². The summed E-state index contributed by atoms with van der Waals surface area (Å²) in [4.78, 5) is 0. The van der Waals surface area contributed by atoms with Crippen LogP contribution < -0.4 is 0 Å². The summed E-state index contributed by atoms with van der Waals surface area (Å²) in [7, 11) is 0. The Hall–Kier alpha value is -1.14. The summed E-state index contributed by atoms with van der Waals surface area (Å²) < 4.78 is 5.47. The zero-order valence-electron chi connectivity index (χ0n) is 9.23. The summed E-state index contributed by atoms with van der Waals surface area (Å²) >= 11 is 0. The van der Waals surface area contributed by atoms with Gasteiger partial charge in [-0.25, -0.2) is 0 Å². The predicted molar refractivity (Wildman–Crippen MR) is 59.4 cm³/mol. The summed E-state index contributed by atoms with van der Waals surface area (Å²) in [6.07, 6.45) is -3.24. The lowest BCUT2D eigenvalue weighted by atomic mass is 9.93. The van der Waals surface area contributed by atoms with Gasteiger partial charge in [0.15, 0.2) is 0 Å². The zero-order chi connectivity index (χ0) is 12.4. The van der Waals surface area contributed by atoms with Crippen molar-refractivity contribution in [2.45, 2.75) is 30.8 Å². The van der Waals surface area contributed by atoms with Crippen LogP contribution in [0.5, 0.6) is 5.75 Å². The number of hydrogen-bond donors (Lipinski definition) is 4. The number of aliphatic hydroxyl groups is 3. The van der Waals surface area contributed by atoms with Crippen molar-refractivity contribution in [3.8, 4) is 5.75 Å². The van der Waals surface area contributed by atoms with Crippen LogP contribution in [0.4, 0.5) is 0 Å². The Balaban J connectivity index is 2.26. The highest BCUT2D eigenvalue weighted by atomic mass is 16.5. The van der Waals surface area contributed by atoms with Crippen molar-refractivity contribution in [1.29, 1.82) is 0 Å². The van der Waals surface area contributed by atoms with Crippen molar-refractivity contribution in [2.75, 3.05) is 6.61 Å². The highest BCUT2D eigenvalue weighted by Crippen LogP contribution is 2.35. The molecule has 0 amide bonds. The number of phenols is 1. The molecule has 0 saturated carbocycles. The summed E-state index contributed by atoms with van der Waals surface area (Å²) in [5.74, 6) is 0.00217. The topological polar surface area (TPSA) is 90.2 Å². The number of rotatable bonds is 2. The van der Waals surface area contributed by atoms with E-state index in [1.807, 2.05) is 0 Å². The molecule has 5 nitrogen and oxygen atoms in total. The minimum atomic E-state index is -1.11. The molecule has 94 valence electrons. The van der Waals surface area contributed by atoms with Crippen molar-refractivity contribution in [2.24, 2.45) is 0 Å². The number of ether oxygens (including phenoxy) is 1. The lowest BCUT2D eigenvalue weighted by Gasteiger charge is -2.36. The van der Waals surface area contributed by atoms with Crippen LogP contribution in [0.2, 0.25) is 0 Å². The number of benzene rings is 1. The second kappa shape index (κ2) is 5.01. The maximum absolute atomic E-state index is 9.86. The first-order valence-corrected chi connectivity index (χ1v) is 5.54. The van der Waals surface area contributed by atoms with Crippen LogP contribution in [0.15, 0.2) is 24.3 Å². The van der Waals surface area contributed by atoms with Gasteiger partial charge in [0.2, 0.25) is 0 Å². The van der Waals surface area contributed by atoms with Crippen molar-refractivity contribution >= 4 is 0 Å². The van der Waals surface area contributed by atoms with Crippen LogP contribution in [-0.2, 0) is 4.74 Å². The van der Waals surface area contributed by atoms with E-state index in [1.165, 1.54) is 6.07 Å². The summed E-state index contributed by atoms with van der Waals surface area (Å²) in [6.45, 7) is -0.228. The van der Waals surface area contributed by atoms with Crippen molar-refractivity contribution < 1.29 is 25.2 Å². The first kappa shape index (κ1) is 12.3. The summed E-state index contributed by atoms with van der Waals surface area (Å²) in [5.41, 5.74) is 0.414. The van der Waals surface area contributed by atoms with E-state index in [0.29, 0.717) is 5.56 Å². The van der Waals surface area contributed by atoms with Gasteiger partial charge in [0.1, 0.15) is 18.0 Å². The molecule has 0 radical (unpaired) electrons. The lowest BCUT2D eigenvalue weighted by Crippen LogP contribution is -2.44. The quantitative estimate of drug-likeness (QED) is 0.581. The molecular formula is C12H16O5. The van der Waals surface area contributed by atoms with E-state index in [9.17, 15) is 15.3 Å². The monoisotopic (exact) mass is 240 g/mol. The zero-order valence-corrected chi connectivity index (χ0v) is 9.23. The van der Waals surface area contributed by atoms with E-state index in [1.54, 1.807) is 18.2 Å². The van der Waals surface area contributed by atoms with E-state index in [-0.39, 0.29) is 18.8 Å². The van der Waals surface area contributed by atoms with Gasteiger partial charge in [-0.2, -0.15) is 0 Å². The van der Waals surface area contributed by atoms with Crippen molar-refractivity contribution in [3.05, 3.63) is 29.8 Å². The molecule has 0 spiro atoms. The minimum absolute atomic E-state index is 0.00217. The largest absolute Gasteiger partial charge is 0.508 e. The standard InChI is InChI=1S/C12H16O5/c13-6-7-5-10(15)11(16)12(17-7)8-3-1-2-4-9(8)14/h1-4,7,10-16H,5-6H2/t7-,10-,11-,12+/m0/s1. The number of aromatic hydroxyl groups is 1. The molecule has 4 N–H and O–H groups in total. The average Bonchev–Trinajstić information content (AvgIpc) is 2.33. The van der Waals surface area contributed by atoms with Crippen LogP contribution in [0.3, 0.4) is 0 Å². The van der Waals surface area contributed by atoms with Gasteiger partial charge in [-0.15, -0.1) is 0 Å². The summed E-state index contributed by atoms with van der Waals surface area (Å²) in [6, 6.07) is 6.48. The van der Waals surface area contributed by atoms with E-state index in [4.69, 9.17) is 9.84 Å². The Labute approximate surface area is 98.9 Å². The molecular weight excluding hydrogens is 224 g/mol. The lowest BCUT2D eigenvalue weighted by molar-refractivity contribution is -0.180. The third kappa shape index (κ3) is 2.42. The fourth-order valence-corrected chi connectivity index (χ4v) is 2.06. The number of phenolic OH excluding ortho intramolecular Hbond substituents is 1. The molecule has 1 aromatic carbocycles. The molecule has 0 bridgehead atoms. The smallest absolute Gasteiger partial charge is 0.121 e. The molecule has 17 heavy (non-hydrogen) atoms. The van der Waals surface area contributed by atoms with Crippen molar-refractivity contribution in [1.82, 2.24) is 0 Å². The molecule has 5 heteroatoms. The Morgan fingerprint density at radius 1 is 1.24 bits per heavy atom. The van der Waals surface area contributed by atoms with Gasteiger partial charge < -0.3 is 25.2 Å². The average molecular weight is 240 g/mol.